The Morgan fingerprint density at radius 1 is 1.00 bits per heavy atom. The summed E-state index contributed by atoms with van der Waals surface area (Å²) in [6.07, 6.45) is 0. The zero-order chi connectivity index (χ0) is 10.7. The van der Waals surface area contributed by atoms with Gasteiger partial charge in [-0.05, 0) is 6.92 Å². The maximum absolute atomic E-state index is 10.8. The highest BCUT2D eigenvalue weighted by molar-refractivity contribution is 5.97. The van der Waals surface area contributed by atoms with Crippen LogP contribution in [0, 0.1) is 10.8 Å². The predicted octanol–water partition coefficient (Wildman–Crippen LogP) is -0.0672. The molecule has 1 saturated carbocycles. The summed E-state index contributed by atoms with van der Waals surface area (Å²) in [5.74, 6) is -2.77. The van der Waals surface area contributed by atoms with Crippen LogP contribution in [0.4, 0.5) is 0 Å². The van der Waals surface area contributed by atoms with Crippen LogP contribution < -0.4 is 0 Å². The topological polar surface area (TPSA) is 94.8 Å². The molecule has 0 aliphatic heterocycles. The van der Waals surface area contributed by atoms with Crippen molar-refractivity contribution in [3.63, 3.8) is 0 Å². The fourth-order valence-corrected chi connectivity index (χ4v) is 1.97. The highest BCUT2D eigenvalue weighted by Crippen LogP contribution is 2.71. The van der Waals surface area contributed by atoms with Crippen LogP contribution in [0.3, 0.4) is 0 Å². The number of aliphatic hydroxyl groups is 1. The number of rotatable bonds is 2. The van der Waals surface area contributed by atoms with E-state index in [0.717, 1.165) is 0 Å². The van der Waals surface area contributed by atoms with Crippen molar-refractivity contribution in [2.45, 2.75) is 26.4 Å². The Bertz CT molecular complexity index is 267. The highest BCUT2D eigenvalue weighted by atomic mass is 16.4. The molecule has 0 aromatic carbocycles. The maximum Gasteiger partial charge on any atom is 0.337 e. The summed E-state index contributed by atoms with van der Waals surface area (Å²) in [6, 6.07) is 0. The predicted molar refractivity (Wildman–Crippen MR) is 42.1 cm³/mol. The van der Waals surface area contributed by atoms with E-state index in [2.05, 4.69) is 0 Å². The summed E-state index contributed by atoms with van der Waals surface area (Å²) in [5, 5.41) is 27.2. The number of carboxylic acid groups (broad SMARTS) is 2. The van der Waals surface area contributed by atoms with Gasteiger partial charge in [0.05, 0.1) is 0 Å². The third-order valence-corrected chi connectivity index (χ3v) is 3.55. The van der Waals surface area contributed by atoms with Crippen molar-refractivity contribution < 1.29 is 24.9 Å². The van der Waals surface area contributed by atoms with Gasteiger partial charge in [-0.1, -0.05) is 13.8 Å². The Hall–Kier alpha value is -1.10. The van der Waals surface area contributed by atoms with Crippen molar-refractivity contribution in [2.75, 3.05) is 0 Å². The van der Waals surface area contributed by atoms with Gasteiger partial charge in [0.25, 0.3) is 0 Å². The monoisotopic (exact) mass is 188 g/mol. The van der Waals surface area contributed by atoms with Gasteiger partial charge in [-0.2, -0.15) is 0 Å². The first kappa shape index (κ1) is 9.98. The molecule has 2 atom stereocenters. The number of aliphatic carboxylic acids is 2. The van der Waals surface area contributed by atoms with Gasteiger partial charge in [0.1, 0.15) is 5.41 Å². The molecule has 0 spiro atoms. The van der Waals surface area contributed by atoms with E-state index < -0.39 is 28.4 Å². The molecule has 0 radical (unpaired) electrons. The molecular weight excluding hydrogens is 176 g/mol. The molecule has 0 saturated heterocycles. The maximum atomic E-state index is 10.8. The van der Waals surface area contributed by atoms with Crippen LogP contribution in [-0.2, 0) is 9.59 Å². The van der Waals surface area contributed by atoms with E-state index >= 15 is 0 Å². The third kappa shape index (κ3) is 0.670. The van der Waals surface area contributed by atoms with Crippen molar-refractivity contribution >= 4 is 11.9 Å². The first-order valence-corrected chi connectivity index (χ1v) is 3.83. The summed E-state index contributed by atoms with van der Waals surface area (Å²) in [5.41, 5.74) is -4.91. The van der Waals surface area contributed by atoms with Crippen LogP contribution in [0.25, 0.3) is 0 Å². The molecule has 5 nitrogen and oxygen atoms in total. The Morgan fingerprint density at radius 3 is 1.46 bits per heavy atom. The van der Waals surface area contributed by atoms with Crippen molar-refractivity contribution in [2.24, 2.45) is 10.8 Å². The first-order chi connectivity index (χ1) is 5.64. The lowest BCUT2D eigenvalue weighted by molar-refractivity contribution is -0.159. The number of carbonyl (C=O) groups is 2. The van der Waals surface area contributed by atoms with Gasteiger partial charge < -0.3 is 15.3 Å². The second kappa shape index (κ2) is 2.04. The molecule has 13 heavy (non-hydrogen) atoms. The second-order valence-electron chi connectivity index (χ2n) is 4.07. The normalized spacial score (nSPS) is 41.2. The molecule has 0 aromatic heterocycles. The molecule has 0 heterocycles. The lowest BCUT2D eigenvalue weighted by Crippen LogP contribution is -2.33. The molecule has 0 aromatic rings. The molecule has 74 valence electrons. The molecular formula is C8H12O5. The summed E-state index contributed by atoms with van der Waals surface area (Å²) in [4.78, 5) is 21.5. The quantitative estimate of drug-likeness (QED) is 0.564. The van der Waals surface area contributed by atoms with E-state index in [1.54, 1.807) is 0 Å². The van der Waals surface area contributed by atoms with Gasteiger partial charge >= 0.3 is 11.9 Å². The molecule has 0 amide bonds. The number of hydrogen-bond acceptors (Lipinski definition) is 3. The van der Waals surface area contributed by atoms with Crippen LogP contribution in [0.2, 0.25) is 0 Å². The van der Waals surface area contributed by atoms with E-state index in [4.69, 9.17) is 10.2 Å². The van der Waals surface area contributed by atoms with Crippen LogP contribution in [0.1, 0.15) is 20.8 Å². The number of hydrogen-bond donors (Lipinski definition) is 3. The van der Waals surface area contributed by atoms with E-state index in [1.165, 1.54) is 20.8 Å². The highest BCUT2D eigenvalue weighted by Gasteiger charge is 2.88. The fraction of sp³-hybridized carbons (Fsp3) is 0.750. The van der Waals surface area contributed by atoms with Gasteiger partial charge in [-0.3, -0.25) is 4.79 Å². The van der Waals surface area contributed by atoms with Crippen LogP contribution in [0.5, 0.6) is 0 Å². The summed E-state index contributed by atoms with van der Waals surface area (Å²) < 4.78 is 0. The Balaban J connectivity index is 3.22. The molecule has 1 rings (SSSR count). The lowest BCUT2D eigenvalue weighted by atomic mass is 9.99. The van der Waals surface area contributed by atoms with Gasteiger partial charge in [-0.15, -0.1) is 0 Å². The number of carboxylic acids is 2. The molecule has 1 fully saturated rings. The van der Waals surface area contributed by atoms with Crippen molar-refractivity contribution in [1.82, 2.24) is 0 Å². The minimum absolute atomic E-state index is 1.14. The Kier molecular flexibility index (Phi) is 1.56. The lowest BCUT2D eigenvalue weighted by Gasteiger charge is -2.07. The molecule has 5 heteroatoms. The molecule has 2 unspecified atom stereocenters. The van der Waals surface area contributed by atoms with E-state index in [1.807, 2.05) is 0 Å². The zero-order valence-electron chi connectivity index (χ0n) is 7.66. The van der Waals surface area contributed by atoms with Crippen molar-refractivity contribution in [3.8, 4) is 0 Å². The third-order valence-electron chi connectivity index (χ3n) is 3.55. The van der Waals surface area contributed by atoms with E-state index in [0.29, 0.717) is 0 Å². The summed E-state index contributed by atoms with van der Waals surface area (Å²) >= 11 is 0. The molecule has 0 bridgehead atoms. The minimum Gasteiger partial charge on any atom is -0.481 e. The summed E-state index contributed by atoms with van der Waals surface area (Å²) in [6.45, 7) is 4.09. The Labute approximate surface area is 75.0 Å². The molecule has 1 aliphatic rings. The van der Waals surface area contributed by atoms with Gasteiger partial charge in [0.15, 0.2) is 5.60 Å². The fourth-order valence-electron chi connectivity index (χ4n) is 1.97. The smallest absolute Gasteiger partial charge is 0.337 e. The van der Waals surface area contributed by atoms with Crippen LogP contribution in [-0.4, -0.2) is 32.9 Å². The standard InChI is InChI=1S/C8H12O5/c1-6(2)7(3,4(9)10)8(6,13)5(11)12/h13H,1-3H3,(H,9,10)(H,11,12). The zero-order valence-corrected chi connectivity index (χ0v) is 7.66. The molecule has 3 N–H and O–H groups in total. The van der Waals surface area contributed by atoms with Crippen molar-refractivity contribution in [3.05, 3.63) is 0 Å². The average molecular weight is 188 g/mol. The van der Waals surface area contributed by atoms with Gasteiger partial charge in [0, 0.05) is 5.41 Å². The Morgan fingerprint density at radius 2 is 1.38 bits per heavy atom. The van der Waals surface area contributed by atoms with Gasteiger partial charge in [0.2, 0.25) is 0 Å². The van der Waals surface area contributed by atoms with Crippen molar-refractivity contribution in [1.29, 1.82) is 0 Å². The first-order valence-electron chi connectivity index (χ1n) is 3.83. The molecule has 1 aliphatic carbocycles. The van der Waals surface area contributed by atoms with Gasteiger partial charge in [-0.25, -0.2) is 4.79 Å². The largest absolute Gasteiger partial charge is 0.481 e. The average Bonchev–Trinajstić information content (AvgIpc) is 2.32. The second-order valence-corrected chi connectivity index (χ2v) is 4.07. The summed E-state index contributed by atoms with van der Waals surface area (Å²) in [7, 11) is 0. The van der Waals surface area contributed by atoms with E-state index in [-0.39, 0.29) is 0 Å². The SMILES string of the molecule is CC1(C)C(C)(C(=O)O)C1(O)C(=O)O. The van der Waals surface area contributed by atoms with Crippen LogP contribution >= 0.6 is 0 Å². The van der Waals surface area contributed by atoms with E-state index in [9.17, 15) is 14.7 Å². The minimum atomic E-state index is -2.16. The van der Waals surface area contributed by atoms with Crippen LogP contribution in [0.15, 0.2) is 0 Å².